The van der Waals surface area contributed by atoms with E-state index in [0.29, 0.717) is 12.0 Å². The summed E-state index contributed by atoms with van der Waals surface area (Å²) in [7, 11) is 1.67. The van der Waals surface area contributed by atoms with Gasteiger partial charge in [-0.05, 0) is 20.4 Å². The van der Waals surface area contributed by atoms with Gasteiger partial charge in [-0.25, -0.2) is 0 Å². The van der Waals surface area contributed by atoms with Gasteiger partial charge in [0.15, 0.2) is 0 Å². The highest BCUT2D eigenvalue weighted by atomic mass is 16.6. The predicted molar refractivity (Wildman–Crippen MR) is 71.0 cm³/mol. The number of aliphatic carboxylic acids is 1. The van der Waals surface area contributed by atoms with E-state index in [1.54, 1.807) is 44.0 Å². The van der Waals surface area contributed by atoms with Gasteiger partial charge < -0.3 is 5.11 Å². The van der Waals surface area contributed by atoms with E-state index in [4.69, 9.17) is 5.11 Å². The van der Waals surface area contributed by atoms with Crippen molar-refractivity contribution in [3.8, 4) is 0 Å². The minimum Gasteiger partial charge on any atom is -0.480 e. The summed E-state index contributed by atoms with van der Waals surface area (Å²) in [5.74, 6) is -0.921. The Balaban J connectivity index is 3.09. The summed E-state index contributed by atoms with van der Waals surface area (Å²) >= 11 is 0. The summed E-state index contributed by atoms with van der Waals surface area (Å²) in [4.78, 5) is 23.3. The maximum absolute atomic E-state index is 11.2. The first kappa shape index (κ1) is 15.1. The number of carbonyl (C=O) groups is 1. The molecule has 0 saturated carbocycles. The third-order valence-electron chi connectivity index (χ3n) is 3.36. The third-order valence-corrected chi connectivity index (χ3v) is 3.36. The van der Waals surface area contributed by atoms with E-state index >= 15 is 0 Å². The van der Waals surface area contributed by atoms with Gasteiger partial charge in [-0.2, -0.15) is 0 Å². The topological polar surface area (TPSA) is 83.7 Å². The van der Waals surface area contributed by atoms with Gasteiger partial charge >= 0.3 is 5.97 Å². The highest BCUT2D eigenvalue weighted by molar-refractivity contribution is 5.73. The van der Waals surface area contributed by atoms with Crippen LogP contribution in [0.2, 0.25) is 0 Å². The minimum atomic E-state index is -0.921. The molecular formula is C13H18N2O4. The van der Waals surface area contributed by atoms with Gasteiger partial charge in [-0.3, -0.25) is 19.8 Å². The number of carboxylic acids is 1. The Morgan fingerprint density at radius 1 is 1.47 bits per heavy atom. The Hall–Kier alpha value is -1.95. The lowest BCUT2D eigenvalue weighted by molar-refractivity contribution is -0.386. The van der Waals surface area contributed by atoms with Crippen LogP contribution in [0.3, 0.4) is 0 Å². The van der Waals surface area contributed by atoms with Crippen LogP contribution >= 0.6 is 0 Å². The first-order valence-electron chi connectivity index (χ1n) is 6.08. The molecule has 1 rings (SSSR count). The van der Waals surface area contributed by atoms with E-state index in [-0.39, 0.29) is 11.7 Å². The molecule has 2 atom stereocenters. The molecular weight excluding hydrogens is 248 g/mol. The Labute approximate surface area is 111 Å². The number of para-hydroxylation sites is 1. The third kappa shape index (κ3) is 3.29. The second kappa shape index (κ2) is 6.29. The molecule has 6 heteroatoms. The molecule has 0 aliphatic heterocycles. The van der Waals surface area contributed by atoms with Crippen LogP contribution in [0.1, 0.15) is 31.9 Å². The summed E-state index contributed by atoms with van der Waals surface area (Å²) in [5.41, 5.74) is 0.539. The summed E-state index contributed by atoms with van der Waals surface area (Å²) in [6.07, 6.45) is 0.441. The molecule has 6 nitrogen and oxygen atoms in total. The molecule has 1 N–H and O–H groups in total. The van der Waals surface area contributed by atoms with E-state index in [9.17, 15) is 14.9 Å². The zero-order valence-electron chi connectivity index (χ0n) is 11.2. The Morgan fingerprint density at radius 2 is 2.05 bits per heavy atom. The lowest BCUT2D eigenvalue weighted by atomic mass is 10.0. The summed E-state index contributed by atoms with van der Waals surface area (Å²) in [5, 5.41) is 20.1. The molecule has 0 amide bonds. The molecule has 2 unspecified atom stereocenters. The standard InChI is InChI=1S/C13H18N2O4/c1-4-11(13(16)17)14(3)9(2)10-7-5-6-8-12(10)15(18)19/h5-9,11H,4H2,1-3H3,(H,16,17). The van der Waals surface area contributed by atoms with Gasteiger partial charge in [0.2, 0.25) is 0 Å². The molecule has 0 spiro atoms. The number of hydrogen-bond acceptors (Lipinski definition) is 4. The van der Waals surface area contributed by atoms with Crippen LogP contribution in [-0.2, 0) is 4.79 Å². The monoisotopic (exact) mass is 266 g/mol. The van der Waals surface area contributed by atoms with Crippen LogP contribution in [0, 0.1) is 10.1 Å². The average Bonchev–Trinajstić information content (AvgIpc) is 2.38. The van der Waals surface area contributed by atoms with E-state index in [1.165, 1.54) is 6.07 Å². The van der Waals surface area contributed by atoms with E-state index in [1.807, 2.05) is 0 Å². The highest BCUT2D eigenvalue weighted by Crippen LogP contribution is 2.29. The lowest BCUT2D eigenvalue weighted by Crippen LogP contribution is -2.39. The molecule has 104 valence electrons. The van der Waals surface area contributed by atoms with Crippen LogP contribution in [0.4, 0.5) is 5.69 Å². The molecule has 1 aromatic rings. The van der Waals surface area contributed by atoms with Gasteiger partial charge in [0.05, 0.1) is 4.92 Å². The second-order valence-electron chi connectivity index (χ2n) is 4.42. The fraction of sp³-hybridized carbons (Fsp3) is 0.462. The quantitative estimate of drug-likeness (QED) is 0.631. The summed E-state index contributed by atoms with van der Waals surface area (Å²) in [6, 6.07) is 5.41. The van der Waals surface area contributed by atoms with Gasteiger partial charge in [0, 0.05) is 17.7 Å². The average molecular weight is 266 g/mol. The molecule has 0 bridgehead atoms. The van der Waals surface area contributed by atoms with Gasteiger partial charge in [-0.15, -0.1) is 0 Å². The Kier molecular flexibility index (Phi) is 5.00. The normalized spacial score (nSPS) is 14.1. The molecule has 1 aromatic carbocycles. The maximum Gasteiger partial charge on any atom is 0.320 e. The van der Waals surface area contributed by atoms with Crippen molar-refractivity contribution >= 4 is 11.7 Å². The van der Waals surface area contributed by atoms with Crippen molar-refractivity contribution in [3.63, 3.8) is 0 Å². The molecule has 19 heavy (non-hydrogen) atoms. The SMILES string of the molecule is CCC(C(=O)O)N(C)C(C)c1ccccc1[N+](=O)[O-]. The number of hydrogen-bond donors (Lipinski definition) is 1. The molecule has 0 heterocycles. The van der Waals surface area contributed by atoms with Crippen LogP contribution in [-0.4, -0.2) is 34.0 Å². The zero-order chi connectivity index (χ0) is 14.6. The molecule has 0 aromatic heterocycles. The molecule has 0 aliphatic rings. The van der Waals surface area contributed by atoms with Crippen molar-refractivity contribution in [2.75, 3.05) is 7.05 Å². The summed E-state index contributed by atoms with van der Waals surface area (Å²) < 4.78 is 0. The van der Waals surface area contributed by atoms with Gasteiger partial charge in [0.25, 0.3) is 5.69 Å². The summed E-state index contributed by atoms with van der Waals surface area (Å²) in [6.45, 7) is 3.55. The smallest absolute Gasteiger partial charge is 0.320 e. The fourth-order valence-corrected chi connectivity index (χ4v) is 2.13. The Bertz CT molecular complexity index is 475. The predicted octanol–water partition coefficient (Wildman–Crippen LogP) is 2.45. The zero-order valence-corrected chi connectivity index (χ0v) is 11.2. The molecule has 0 radical (unpaired) electrons. The number of nitro groups is 1. The van der Waals surface area contributed by atoms with E-state index in [2.05, 4.69) is 0 Å². The van der Waals surface area contributed by atoms with Crippen LogP contribution < -0.4 is 0 Å². The Morgan fingerprint density at radius 3 is 2.53 bits per heavy atom. The van der Waals surface area contributed by atoms with Crippen molar-refractivity contribution in [1.82, 2.24) is 4.90 Å². The van der Waals surface area contributed by atoms with Crippen LogP contribution in [0.15, 0.2) is 24.3 Å². The second-order valence-corrected chi connectivity index (χ2v) is 4.42. The fourth-order valence-electron chi connectivity index (χ4n) is 2.13. The number of nitrogens with zero attached hydrogens (tertiary/aromatic N) is 2. The minimum absolute atomic E-state index is 0.0158. The van der Waals surface area contributed by atoms with Crippen molar-refractivity contribution < 1.29 is 14.8 Å². The number of rotatable bonds is 6. The highest BCUT2D eigenvalue weighted by Gasteiger charge is 2.28. The van der Waals surface area contributed by atoms with Gasteiger partial charge in [0.1, 0.15) is 6.04 Å². The number of benzene rings is 1. The largest absolute Gasteiger partial charge is 0.480 e. The lowest BCUT2D eigenvalue weighted by Gasteiger charge is -2.29. The first-order chi connectivity index (χ1) is 8.90. The van der Waals surface area contributed by atoms with Crippen LogP contribution in [0.5, 0.6) is 0 Å². The van der Waals surface area contributed by atoms with E-state index < -0.39 is 16.9 Å². The van der Waals surface area contributed by atoms with Crippen molar-refractivity contribution in [2.45, 2.75) is 32.4 Å². The van der Waals surface area contributed by atoms with Crippen molar-refractivity contribution in [1.29, 1.82) is 0 Å². The maximum atomic E-state index is 11.2. The van der Waals surface area contributed by atoms with Crippen LogP contribution in [0.25, 0.3) is 0 Å². The van der Waals surface area contributed by atoms with Gasteiger partial charge in [-0.1, -0.05) is 25.1 Å². The van der Waals surface area contributed by atoms with Crippen molar-refractivity contribution in [3.05, 3.63) is 39.9 Å². The number of carboxylic acid groups (broad SMARTS) is 1. The first-order valence-corrected chi connectivity index (χ1v) is 6.08. The number of nitro benzene ring substituents is 1. The molecule has 0 fully saturated rings. The molecule has 0 saturated heterocycles. The van der Waals surface area contributed by atoms with E-state index in [0.717, 1.165) is 0 Å². The molecule has 0 aliphatic carbocycles. The number of likely N-dealkylation sites (N-methyl/N-ethyl adjacent to an activating group) is 1. The van der Waals surface area contributed by atoms with Crippen molar-refractivity contribution in [2.24, 2.45) is 0 Å².